The van der Waals surface area contributed by atoms with Crippen LogP contribution in [0.1, 0.15) is 37.7 Å². The Hall–Kier alpha value is -3.06. The number of nitrogens with one attached hydrogen (secondary N) is 1. The molecule has 8 heteroatoms. The monoisotopic (exact) mass is 493 g/mol. The van der Waals surface area contributed by atoms with E-state index in [4.69, 9.17) is 16.3 Å². The van der Waals surface area contributed by atoms with Crippen molar-refractivity contribution in [2.24, 2.45) is 0 Å². The average molecular weight is 494 g/mol. The van der Waals surface area contributed by atoms with Crippen molar-refractivity contribution in [1.29, 1.82) is 0 Å². The fraction of sp³-hybridized carbons (Fsp3) is 0.444. The van der Waals surface area contributed by atoms with Gasteiger partial charge in [0.25, 0.3) is 0 Å². The molecule has 2 atom stereocenters. The molecule has 1 aromatic carbocycles. The van der Waals surface area contributed by atoms with Crippen LogP contribution in [0.3, 0.4) is 0 Å². The van der Waals surface area contributed by atoms with Crippen LogP contribution in [0.4, 0.5) is 10.5 Å². The molecule has 0 spiro atoms. The third-order valence-electron chi connectivity index (χ3n) is 6.97. The van der Waals surface area contributed by atoms with Crippen LogP contribution in [0, 0.1) is 6.92 Å². The lowest BCUT2D eigenvalue weighted by atomic mass is 10.1. The van der Waals surface area contributed by atoms with E-state index < -0.39 is 0 Å². The summed E-state index contributed by atoms with van der Waals surface area (Å²) in [5.41, 5.74) is 3.16. The average Bonchev–Trinajstić information content (AvgIpc) is 3.08. The van der Waals surface area contributed by atoms with Gasteiger partial charge in [-0.2, -0.15) is 0 Å². The molecule has 5 rings (SSSR count). The van der Waals surface area contributed by atoms with Gasteiger partial charge in [-0.15, -0.1) is 0 Å². The first-order valence-corrected chi connectivity index (χ1v) is 12.9. The van der Waals surface area contributed by atoms with Gasteiger partial charge in [0.2, 0.25) is 5.88 Å². The molecule has 1 saturated carbocycles. The molecule has 2 unspecified atom stereocenters. The number of pyridine rings is 2. The first kappa shape index (κ1) is 23.7. The van der Waals surface area contributed by atoms with Crippen molar-refractivity contribution in [3.05, 3.63) is 59.4 Å². The number of aromatic nitrogens is 2. The first-order valence-electron chi connectivity index (χ1n) is 12.5. The van der Waals surface area contributed by atoms with E-state index in [1.165, 1.54) is 0 Å². The van der Waals surface area contributed by atoms with Gasteiger partial charge in [-0.25, -0.2) is 9.78 Å². The van der Waals surface area contributed by atoms with E-state index in [2.05, 4.69) is 20.2 Å². The molecule has 1 aliphatic heterocycles. The highest BCUT2D eigenvalue weighted by Gasteiger charge is 2.27. The number of benzene rings is 1. The molecule has 0 radical (unpaired) electrons. The zero-order valence-corrected chi connectivity index (χ0v) is 20.9. The van der Waals surface area contributed by atoms with Crippen LogP contribution in [-0.2, 0) is 0 Å². The molecular weight excluding hydrogens is 462 g/mol. The quantitative estimate of drug-likeness (QED) is 0.505. The van der Waals surface area contributed by atoms with Crippen molar-refractivity contribution >= 4 is 34.2 Å². The Morgan fingerprint density at radius 2 is 1.83 bits per heavy atom. The molecule has 1 N–H and O–H groups in total. The molecule has 2 amide bonds. The van der Waals surface area contributed by atoms with Crippen molar-refractivity contribution in [2.75, 3.05) is 31.1 Å². The van der Waals surface area contributed by atoms with E-state index in [1.54, 1.807) is 6.20 Å². The van der Waals surface area contributed by atoms with E-state index >= 15 is 0 Å². The van der Waals surface area contributed by atoms with Crippen molar-refractivity contribution in [3.8, 4) is 5.88 Å². The molecule has 35 heavy (non-hydrogen) atoms. The van der Waals surface area contributed by atoms with Crippen LogP contribution in [0.15, 0.2) is 48.8 Å². The van der Waals surface area contributed by atoms with Crippen molar-refractivity contribution in [3.63, 3.8) is 0 Å². The maximum atomic E-state index is 13.1. The number of hydrogen-bond donors (Lipinski definition) is 1. The summed E-state index contributed by atoms with van der Waals surface area (Å²) in [6.45, 7) is 4.97. The van der Waals surface area contributed by atoms with Crippen LogP contribution in [0.2, 0.25) is 5.02 Å². The molecule has 2 aromatic heterocycles. The number of carbonyl (C=O) groups excluding carboxylic acids is 1. The normalized spacial score (nSPS) is 21.0. The van der Waals surface area contributed by atoms with Gasteiger partial charge in [0.05, 0.1) is 5.52 Å². The minimum absolute atomic E-state index is 0.0235. The highest BCUT2D eigenvalue weighted by molar-refractivity contribution is 6.31. The number of amides is 2. The lowest BCUT2D eigenvalue weighted by molar-refractivity contribution is 0.159. The molecule has 2 fully saturated rings. The van der Waals surface area contributed by atoms with Gasteiger partial charge >= 0.3 is 6.03 Å². The summed E-state index contributed by atoms with van der Waals surface area (Å²) in [6, 6.07) is 11.9. The third-order valence-corrected chi connectivity index (χ3v) is 7.21. The second-order valence-corrected chi connectivity index (χ2v) is 9.98. The molecular formula is C27H32ClN5O2. The van der Waals surface area contributed by atoms with Crippen molar-refractivity contribution < 1.29 is 9.53 Å². The minimum Gasteiger partial charge on any atom is -0.474 e. The number of aryl methyl sites for hydroxylation is 1. The number of urea groups is 1. The van der Waals surface area contributed by atoms with E-state index in [0.29, 0.717) is 24.0 Å². The van der Waals surface area contributed by atoms with Gasteiger partial charge in [-0.05, 0) is 62.1 Å². The van der Waals surface area contributed by atoms with Crippen molar-refractivity contribution in [2.45, 2.75) is 51.2 Å². The fourth-order valence-corrected chi connectivity index (χ4v) is 5.26. The summed E-state index contributed by atoms with van der Waals surface area (Å²) in [7, 11) is 0. The summed E-state index contributed by atoms with van der Waals surface area (Å²) in [4.78, 5) is 26.2. The zero-order chi connectivity index (χ0) is 24.2. The highest BCUT2D eigenvalue weighted by atomic mass is 35.5. The molecule has 184 valence electrons. The number of carbonyl (C=O) groups is 1. The summed E-state index contributed by atoms with van der Waals surface area (Å²) in [5, 5.41) is 5.06. The number of piperazine rings is 1. The number of nitrogens with zero attached hydrogens (tertiary/aromatic N) is 4. The summed E-state index contributed by atoms with van der Waals surface area (Å²) >= 11 is 6.14. The Kier molecular flexibility index (Phi) is 7.23. The Morgan fingerprint density at radius 3 is 2.66 bits per heavy atom. The van der Waals surface area contributed by atoms with E-state index in [9.17, 15) is 4.79 Å². The Labute approximate surface area is 211 Å². The standard InChI is InChI=1S/C27H32ClN5O2/c1-19-8-10-30-26(16-19)35-22-5-3-2-4-21(18-22)31-27(34)33-14-12-32(13-15-33)25-9-11-29-24-17-20(28)6-7-23(24)25/h6-11,16-17,21-22H,2-5,12-15,18H2,1H3,(H,31,34). The van der Waals surface area contributed by atoms with Crippen LogP contribution >= 0.6 is 11.6 Å². The maximum absolute atomic E-state index is 13.1. The fourth-order valence-electron chi connectivity index (χ4n) is 5.10. The predicted octanol–water partition coefficient (Wildman–Crippen LogP) is 5.20. The van der Waals surface area contributed by atoms with Crippen LogP contribution < -0.4 is 15.0 Å². The number of hydrogen-bond acceptors (Lipinski definition) is 5. The number of anilines is 1. The zero-order valence-electron chi connectivity index (χ0n) is 20.1. The number of ether oxygens (including phenoxy) is 1. The Bertz CT molecular complexity index is 1180. The van der Waals surface area contributed by atoms with Crippen molar-refractivity contribution in [1.82, 2.24) is 20.2 Å². The van der Waals surface area contributed by atoms with E-state index in [-0.39, 0.29) is 18.2 Å². The van der Waals surface area contributed by atoms with E-state index in [1.807, 2.05) is 54.4 Å². The molecule has 1 aliphatic carbocycles. The smallest absolute Gasteiger partial charge is 0.317 e. The lowest BCUT2D eigenvalue weighted by Gasteiger charge is -2.37. The summed E-state index contributed by atoms with van der Waals surface area (Å²) in [5.74, 6) is 0.670. The molecule has 2 aliphatic rings. The van der Waals surface area contributed by atoms with Gasteiger partial charge < -0.3 is 19.9 Å². The second-order valence-electron chi connectivity index (χ2n) is 9.54. The molecule has 3 aromatic rings. The van der Waals surface area contributed by atoms with Gasteiger partial charge in [0.15, 0.2) is 0 Å². The molecule has 3 heterocycles. The van der Waals surface area contributed by atoms with E-state index in [0.717, 1.165) is 67.3 Å². The summed E-state index contributed by atoms with van der Waals surface area (Å²) in [6.07, 6.45) is 8.67. The highest BCUT2D eigenvalue weighted by Crippen LogP contribution is 2.28. The first-order chi connectivity index (χ1) is 17.0. The summed E-state index contributed by atoms with van der Waals surface area (Å²) < 4.78 is 6.18. The maximum Gasteiger partial charge on any atom is 0.317 e. The minimum atomic E-state index is 0.0235. The van der Waals surface area contributed by atoms with Gasteiger partial charge in [-0.1, -0.05) is 18.0 Å². The largest absolute Gasteiger partial charge is 0.474 e. The van der Waals surface area contributed by atoms with Crippen LogP contribution in [0.5, 0.6) is 5.88 Å². The number of fused-ring (bicyclic) bond motifs is 1. The van der Waals surface area contributed by atoms with Gasteiger partial charge in [-0.3, -0.25) is 4.98 Å². The molecule has 0 bridgehead atoms. The Morgan fingerprint density at radius 1 is 1.03 bits per heavy atom. The SMILES string of the molecule is Cc1ccnc(OC2CCCCC(NC(=O)N3CCN(c4ccnc5cc(Cl)ccc45)CC3)C2)c1. The number of rotatable bonds is 4. The second kappa shape index (κ2) is 10.7. The van der Waals surface area contributed by atoms with Crippen LogP contribution in [0.25, 0.3) is 10.9 Å². The number of halogens is 1. The van der Waals surface area contributed by atoms with Crippen LogP contribution in [-0.4, -0.2) is 59.2 Å². The molecule has 7 nitrogen and oxygen atoms in total. The van der Waals surface area contributed by atoms with Gasteiger partial charge in [0, 0.05) is 73.2 Å². The topological polar surface area (TPSA) is 70.6 Å². The Balaban J connectivity index is 1.17. The lowest BCUT2D eigenvalue weighted by Crippen LogP contribution is -2.53. The van der Waals surface area contributed by atoms with Gasteiger partial charge in [0.1, 0.15) is 6.10 Å². The molecule has 1 saturated heterocycles. The predicted molar refractivity (Wildman–Crippen MR) is 139 cm³/mol. The third kappa shape index (κ3) is 5.78.